The first-order valence-corrected chi connectivity index (χ1v) is 18.1. The van der Waals surface area contributed by atoms with Gasteiger partial charge in [0.15, 0.2) is 5.58 Å². The first-order chi connectivity index (χ1) is 26.7. The Morgan fingerprint density at radius 2 is 1.02 bits per heavy atom. The quantitative estimate of drug-likeness (QED) is 0.185. The minimum Gasteiger partial charge on any atom is -0.455 e. The molecule has 5 heteroatoms. The molecule has 0 aliphatic rings. The number of fused-ring (bicyclic) bond motifs is 14. The summed E-state index contributed by atoms with van der Waals surface area (Å²) in [5.74, 6) is 0. The molecule has 12 rings (SSSR count). The topological polar surface area (TPSA) is 59.9 Å². The van der Waals surface area contributed by atoms with Gasteiger partial charge >= 0.3 is 0 Å². The van der Waals surface area contributed by atoms with Crippen LogP contribution in [-0.2, 0) is 0 Å². The summed E-state index contributed by atoms with van der Waals surface area (Å²) < 4.78 is 17.7. The molecule has 0 atom stereocenters. The molecular weight excluding hydrogens is 663 g/mol. The van der Waals surface area contributed by atoms with Gasteiger partial charge in [0, 0.05) is 49.1 Å². The Morgan fingerprint density at radius 3 is 1.80 bits per heavy atom. The van der Waals surface area contributed by atoms with Crippen LogP contribution < -0.4 is 0 Å². The summed E-state index contributed by atoms with van der Waals surface area (Å²) >= 11 is 0. The summed E-state index contributed by atoms with van der Waals surface area (Å²) in [4.78, 5) is 0. The van der Waals surface area contributed by atoms with E-state index in [9.17, 15) is 5.26 Å². The van der Waals surface area contributed by atoms with E-state index in [4.69, 9.17) is 8.83 Å². The highest BCUT2D eigenvalue weighted by molar-refractivity contribution is 6.24. The normalized spacial score (nSPS) is 12.1. The van der Waals surface area contributed by atoms with Gasteiger partial charge < -0.3 is 18.0 Å². The van der Waals surface area contributed by atoms with Gasteiger partial charge in [-0.1, -0.05) is 91.0 Å². The monoisotopic (exact) mass is 689 g/mol. The van der Waals surface area contributed by atoms with Crippen LogP contribution in [0.15, 0.2) is 173 Å². The first kappa shape index (κ1) is 29.1. The highest BCUT2D eigenvalue weighted by Gasteiger charge is 2.21. The fourth-order valence-corrected chi connectivity index (χ4v) is 8.81. The minimum absolute atomic E-state index is 0.583. The molecule has 250 valence electrons. The van der Waals surface area contributed by atoms with Gasteiger partial charge in [-0.2, -0.15) is 5.26 Å². The Labute approximate surface area is 307 Å². The van der Waals surface area contributed by atoms with Crippen molar-refractivity contribution in [1.82, 2.24) is 9.13 Å². The number of para-hydroxylation sites is 4. The van der Waals surface area contributed by atoms with Gasteiger partial charge in [-0.3, -0.25) is 0 Å². The average Bonchev–Trinajstić information content (AvgIpc) is 3.98. The van der Waals surface area contributed by atoms with Crippen molar-refractivity contribution in [3.63, 3.8) is 0 Å². The lowest BCUT2D eigenvalue weighted by molar-refractivity contribution is 0.671. The van der Waals surface area contributed by atoms with Gasteiger partial charge in [0.05, 0.1) is 39.1 Å². The SMILES string of the molecule is N#Cc1cc(-c2cccc(-n3c4ccccc4c4c5oc6ccccc6c5ccc43)c2)cc(-n2c3ccccc3c3ccc4c5ccccc5oc4c32)c1. The van der Waals surface area contributed by atoms with Crippen LogP contribution >= 0.6 is 0 Å². The van der Waals surface area contributed by atoms with Gasteiger partial charge in [0.25, 0.3) is 0 Å². The Morgan fingerprint density at radius 1 is 0.407 bits per heavy atom. The van der Waals surface area contributed by atoms with Gasteiger partial charge in [-0.25, -0.2) is 0 Å². The fourth-order valence-electron chi connectivity index (χ4n) is 8.81. The number of aromatic nitrogens is 2. The Kier molecular flexibility index (Phi) is 5.78. The third-order valence-corrected chi connectivity index (χ3v) is 11.1. The maximum absolute atomic E-state index is 10.4. The highest BCUT2D eigenvalue weighted by Crippen LogP contribution is 2.43. The molecule has 0 spiro atoms. The Hall–Kier alpha value is -7.55. The molecule has 8 aromatic carbocycles. The smallest absolute Gasteiger partial charge is 0.160 e. The standard InChI is InChI=1S/C49H27N3O2/c50-28-29-24-31(27-33(25-29)52-41-16-5-1-12-34(41)37-20-21-39-36-14-4-8-19-45(36)54-49(39)47(37)52)30-10-9-11-32(26-30)51-42-17-6-2-15-40(42)46-43(51)23-22-38-35-13-3-7-18-44(35)53-48(38)46/h1-27H. The number of nitriles is 1. The van der Waals surface area contributed by atoms with Crippen LogP contribution in [0.2, 0.25) is 0 Å². The van der Waals surface area contributed by atoms with E-state index < -0.39 is 0 Å². The van der Waals surface area contributed by atoms with E-state index in [2.05, 4.69) is 137 Å². The molecular formula is C49H27N3O2. The third-order valence-electron chi connectivity index (χ3n) is 11.1. The largest absolute Gasteiger partial charge is 0.455 e. The molecule has 0 N–H and O–H groups in total. The van der Waals surface area contributed by atoms with Crippen LogP contribution in [-0.4, -0.2) is 9.13 Å². The summed E-state index contributed by atoms with van der Waals surface area (Å²) in [5.41, 5.74) is 12.2. The molecule has 0 bridgehead atoms. The zero-order valence-electron chi connectivity index (χ0n) is 28.7. The van der Waals surface area contributed by atoms with Crippen molar-refractivity contribution < 1.29 is 8.83 Å². The van der Waals surface area contributed by atoms with Crippen LogP contribution in [0.1, 0.15) is 5.56 Å². The van der Waals surface area contributed by atoms with E-state index in [-0.39, 0.29) is 0 Å². The molecule has 12 aromatic rings. The second-order valence-corrected chi connectivity index (χ2v) is 14.0. The van der Waals surface area contributed by atoms with Crippen molar-refractivity contribution in [2.45, 2.75) is 0 Å². The van der Waals surface area contributed by atoms with Crippen molar-refractivity contribution >= 4 is 87.5 Å². The van der Waals surface area contributed by atoms with Gasteiger partial charge in [0.2, 0.25) is 0 Å². The van der Waals surface area contributed by atoms with Crippen molar-refractivity contribution in [3.8, 4) is 28.6 Å². The molecule has 0 radical (unpaired) electrons. The summed E-state index contributed by atoms with van der Waals surface area (Å²) in [7, 11) is 0. The molecule has 0 aliphatic heterocycles. The maximum Gasteiger partial charge on any atom is 0.160 e. The zero-order chi connectivity index (χ0) is 35.5. The number of furan rings is 2. The summed E-state index contributed by atoms with van der Waals surface area (Å²) in [6.45, 7) is 0. The van der Waals surface area contributed by atoms with Crippen LogP contribution in [0, 0.1) is 11.3 Å². The van der Waals surface area contributed by atoms with Crippen molar-refractivity contribution in [1.29, 1.82) is 5.26 Å². The molecule has 0 amide bonds. The number of hydrogen-bond acceptors (Lipinski definition) is 3. The van der Waals surface area contributed by atoms with Crippen molar-refractivity contribution in [2.75, 3.05) is 0 Å². The van der Waals surface area contributed by atoms with E-state index in [1.807, 2.05) is 42.5 Å². The van der Waals surface area contributed by atoms with Crippen molar-refractivity contribution in [2.24, 2.45) is 0 Å². The number of nitrogens with zero attached hydrogens (tertiary/aromatic N) is 3. The molecule has 4 heterocycles. The molecule has 0 fully saturated rings. The van der Waals surface area contributed by atoms with Crippen LogP contribution in [0.3, 0.4) is 0 Å². The lowest BCUT2D eigenvalue weighted by atomic mass is 10.0. The highest BCUT2D eigenvalue weighted by atomic mass is 16.3. The molecule has 54 heavy (non-hydrogen) atoms. The lowest BCUT2D eigenvalue weighted by Crippen LogP contribution is -1.97. The minimum atomic E-state index is 0.583. The predicted octanol–water partition coefficient (Wildman–Crippen LogP) is 13.2. The van der Waals surface area contributed by atoms with Gasteiger partial charge in [0.1, 0.15) is 16.7 Å². The molecule has 0 aliphatic carbocycles. The molecule has 0 saturated carbocycles. The summed E-state index contributed by atoms with van der Waals surface area (Å²) in [5, 5.41) is 19.3. The first-order valence-electron chi connectivity index (χ1n) is 18.1. The van der Waals surface area contributed by atoms with Crippen molar-refractivity contribution in [3.05, 3.63) is 169 Å². The van der Waals surface area contributed by atoms with Crippen LogP contribution in [0.4, 0.5) is 0 Å². The van der Waals surface area contributed by atoms with E-state index in [1.54, 1.807) is 0 Å². The lowest BCUT2D eigenvalue weighted by Gasteiger charge is -2.13. The summed E-state index contributed by atoms with van der Waals surface area (Å²) in [6.07, 6.45) is 0. The molecule has 5 nitrogen and oxygen atoms in total. The summed E-state index contributed by atoms with van der Waals surface area (Å²) in [6, 6.07) is 59.3. The van der Waals surface area contributed by atoms with E-state index >= 15 is 0 Å². The number of hydrogen-bond donors (Lipinski definition) is 0. The van der Waals surface area contributed by atoms with Crippen LogP contribution in [0.5, 0.6) is 0 Å². The zero-order valence-corrected chi connectivity index (χ0v) is 28.7. The van der Waals surface area contributed by atoms with E-state index in [0.29, 0.717) is 5.56 Å². The Balaban J connectivity index is 1.09. The van der Waals surface area contributed by atoms with Gasteiger partial charge in [-0.15, -0.1) is 0 Å². The predicted molar refractivity (Wildman–Crippen MR) is 220 cm³/mol. The van der Waals surface area contributed by atoms with Crippen LogP contribution in [0.25, 0.3) is 110 Å². The second-order valence-electron chi connectivity index (χ2n) is 14.0. The number of benzene rings is 8. The van der Waals surface area contributed by atoms with E-state index in [1.165, 1.54) is 0 Å². The second kappa shape index (κ2) is 10.7. The molecule has 0 saturated heterocycles. The molecule has 4 aromatic heterocycles. The number of rotatable bonds is 3. The average molecular weight is 690 g/mol. The fraction of sp³-hybridized carbons (Fsp3) is 0. The van der Waals surface area contributed by atoms with E-state index in [0.717, 1.165) is 110 Å². The Bertz CT molecular complexity index is 3590. The maximum atomic E-state index is 10.4. The molecule has 0 unspecified atom stereocenters. The third kappa shape index (κ3) is 3.91. The van der Waals surface area contributed by atoms with Gasteiger partial charge in [-0.05, 0) is 83.9 Å².